The smallest absolute Gasteiger partial charge is 0.250 e. The maximum atomic E-state index is 11.4. The van der Waals surface area contributed by atoms with Crippen molar-refractivity contribution in [2.45, 2.75) is 13.8 Å². The van der Waals surface area contributed by atoms with Crippen molar-refractivity contribution in [3.63, 3.8) is 0 Å². The van der Waals surface area contributed by atoms with Gasteiger partial charge in [0, 0.05) is 11.6 Å². The molecule has 1 rings (SSSR count). The van der Waals surface area contributed by atoms with Crippen molar-refractivity contribution in [2.75, 3.05) is 18.5 Å². The molecular formula is C11H13Cl2NO2. The summed E-state index contributed by atoms with van der Waals surface area (Å²) in [7, 11) is 0. The van der Waals surface area contributed by atoms with E-state index in [9.17, 15) is 4.79 Å². The SMILES string of the molecule is CCOCC(=O)Nc1cc(Cl)c(C)cc1Cl. The number of anilines is 1. The molecule has 1 amide bonds. The lowest BCUT2D eigenvalue weighted by Crippen LogP contribution is -2.18. The Labute approximate surface area is 105 Å². The standard InChI is InChI=1S/C11H13Cl2NO2/c1-3-16-6-11(15)14-10-5-8(12)7(2)4-9(10)13/h4-5H,3,6H2,1-2H3,(H,14,15). The molecule has 0 saturated carbocycles. The summed E-state index contributed by atoms with van der Waals surface area (Å²) in [5, 5.41) is 3.66. The Bertz CT molecular complexity index is 394. The number of hydrogen-bond donors (Lipinski definition) is 1. The van der Waals surface area contributed by atoms with Gasteiger partial charge in [0.05, 0.1) is 10.7 Å². The Morgan fingerprint density at radius 2 is 2.06 bits per heavy atom. The maximum absolute atomic E-state index is 11.4. The fourth-order valence-electron chi connectivity index (χ4n) is 1.12. The first kappa shape index (κ1) is 13.3. The highest BCUT2D eigenvalue weighted by Gasteiger charge is 2.08. The van der Waals surface area contributed by atoms with Crippen LogP contribution < -0.4 is 5.32 Å². The van der Waals surface area contributed by atoms with E-state index in [2.05, 4.69) is 5.32 Å². The summed E-state index contributed by atoms with van der Waals surface area (Å²) in [6, 6.07) is 3.34. The van der Waals surface area contributed by atoms with E-state index in [4.69, 9.17) is 27.9 Å². The fourth-order valence-corrected chi connectivity index (χ4v) is 1.55. The average Bonchev–Trinajstić information content (AvgIpc) is 2.23. The zero-order valence-electron chi connectivity index (χ0n) is 9.14. The van der Waals surface area contributed by atoms with Crippen molar-refractivity contribution in [1.82, 2.24) is 0 Å². The van der Waals surface area contributed by atoms with Gasteiger partial charge in [0.25, 0.3) is 0 Å². The second kappa shape index (κ2) is 6.09. The third kappa shape index (κ3) is 3.67. The Morgan fingerprint density at radius 3 is 2.69 bits per heavy atom. The summed E-state index contributed by atoms with van der Waals surface area (Å²) in [4.78, 5) is 11.4. The molecule has 0 spiro atoms. The Balaban J connectivity index is 2.73. The number of ether oxygens (including phenoxy) is 1. The number of halogens is 2. The second-order valence-corrected chi connectivity index (χ2v) is 4.08. The Kier molecular flexibility index (Phi) is 5.06. The lowest BCUT2D eigenvalue weighted by atomic mass is 10.2. The van der Waals surface area contributed by atoms with Crippen molar-refractivity contribution < 1.29 is 9.53 Å². The molecule has 1 N–H and O–H groups in total. The molecule has 0 radical (unpaired) electrons. The molecule has 5 heteroatoms. The molecule has 0 unspecified atom stereocenters. The molecule has 0 aromatic heterocycles. The molecule has 0 heterocycles. The zero-order valence-corrected chi connectivity index (χ0v) is 10.7. The highest BCUT2D eigenvalue weighted by molar-refractivity contribution is 6.36. The lowest BCUT2D eigenvalue weighted by Gasteiger charge is -2.09. The van der Waals surface area contributed by atoms with Gasteiger partial charge in [-0.25, -0.2) is 0 Å². The van der Waals surface area contributed by atoms with Crippen LogP contribution in [0.15, 0.2) is 12.1 Å². The number of rotatable bonds is 4. The van der Waals surface area contributed by atoms with Crippen LogP contribution in [0.5, 0.6) is 0 Å². The number of hydrogen-bond acceptors (Lipinski definition) is 2. The predicted octanol–water partition coefficient (Wildman–Crippen LogP) is 3.28. The normalized spacial score (nSPS) is 10.2. The molecule has 88 valence electrons. The van der Waals surface area contributed by atoms with Gasteiger partial charge in [-0.05, 0) is 31.5 Å². The van der Waals surface area contributed by atoms with E-state index in [0.717, 1.165) is 5.56 Å². The van der Waals surface area contributed by atoms with Gasteiger partial charge in [-0.1, -0.05) is 23.2 Å². The number of benzene rings is 1. The number of carbonyl (C=O) groups excluding carboxylic acids is 1. The molecule has 0 saturated heterocycles. The lowest BCUT2D eigenvalue weighted by molar-refractivity contribution is -0.120. The monoisotopic (exact) mass is 261 g/mol. The van der Waals surface area contributed by atoms with Crippen LogP contribution in [0.1, 0.15) is 12.5 Å². The first-order valence-corrected chi connectivity index (χ1v) is 5.63. The van der Waals surface area contributed by atoms with Gasteiger partial charge >= 0.3 is 0 Å². The summed E-state index contributed by atoms with van der Waals surface area (Å²) in [5.41, 5.74) is 1.37. The summed E-state index contributed by atoms with van der Waals surface area (Å²) in [6.07, 6.45) is 0. The number of carbonyl (C=O) groups is 1. The summed E-state index contributed by atoms with van der Waals surface area (Å²) in [5.74, 6) is -0.247. The van der Waals surface area contributed by atoms with E-state index in [-0.39, 0.29) is 12.5 Å². The molecule has 0 aliphatic carbocycles. The average molecular weight is 262 g/mol. The minimum atomic E-state index is -0.247. The van der Waals surface area contributed by atoms with Crippen LogP contribution in [0.4, 0.5) is 5.69 Å². The second-order valence-electron chi connectivity index (χ2n) is 3.27. The van der Waals surface area contributed by atoms with Crippen LogP contribution in [0.3, 0.4) is 0 Å². The van der Waals surface area contributed by atoms with Crippen molar-refractivity contribution in [3.05, 3.63) is 27.7 Å². The fraction of sp³-hybridized carbons (Fsp3) is 0.364. The van der Waals surface area contributed by atoms with Gasteiger partial charge < -0.3 is 10.1 Å². The quantitative estimate of drug-likeness (QED) is 0.904. The van der Waals surface area contributed by atoms with Crippen LogP contribution in [0, 0.1) is 6.92 Å². The predicted molar refractivity (Wildman–Crippen MR) is 66.3 cm³/mol. The van der Waals surface area contributed by atoms with E-state index in [1.165, 1.54) is 0 Å². The van der Waals surface area contributed by atoms with Gasteiger partial charge in [0.1, 0.15) is 6.61 Å². The van der Waals surface area contributed by atoms with Gasteiger partial charge in [0.15, 0.2) is 0 Å². The molecule has 0 aliphatic rings. The first-order chi connectivity index (χ1) is 7.54. The number of aryl methyl sites for hydroxylation is 1. The number of amides is 1. The minimum Gasteiger partial charge on any atom is -0.372 e. The Morgan fingerprint density at radius 1 is 1.38 bits per heavy atom. The number of nitrogens with one attached hydrogen (secondary N) is 1. The molecule has 0 atom stereocenters. The highest BCUT2D eigenvalue weighted by Crippen LogP contribution is 2.28. The summed E-state index contributed by atoms with van der Waals surface area (Å²) in [6.45, 7) is 4.18. The van der Waals surface area contributed by atoms with Crippen LogP contribution in [-0.4, -0.2) is 19.1 Å². The minimum absolute atomic E-state index is 0.0122. The molecule has 3 nitrogen and oxygen atoms in total. The molecule has 0 aliphatic heterocycles. The third-order valence-corrected chi connectivity index (χ3v) is 2.68. The highest BCUT2D eigenvalue weighted by atomic mass is 35.5. The van der Waals surface area contributed by atoms with Gasteiger partial charge in [0.2, 0.25) is 5.91 Å². The molecule has 1 aromatic carbocycles. The van der Waals surface area contributed by atoms with Crippen molar-refractivity contribution >= 4 is 34.8 Å². The van der Waals surface area contributed by atoms with Crippen LogP contribution in [-0.2, 0) is 9.53 Å². The van der Waals surface area contributed by atoms with Crippen molar-refractivity contribution in [1.29, 1.82) is 0 Å². The van der Waals surface area contributed by atoms with E-state index < -0.39 is 0 Å². The topological polar surface area (TPSA) is 38.3 Å². The van der Waals surface area contributed by atoms with Crippen molar-refractivity contribution in [3.8, 4) is 0 Å². The van der Waals surface area contributed by atoms with Crippen LogP contribution >= 0.6 is 23.2 Å². The molecule has 0 bridgehead atoms. The zero-order chi connectivity index (χ0) is 12.1. The van der Waals surface area contributed by atoms with Crippen LogP contribution in [0.2, 0.25) is 10.0 Å². The Hall–Kier alpha value is -0.770. The van der Waals surface area contributed by atoms with Crippen LogP contribution in [0.25, 0.3) is 0 Å². The van der Waals surface area contributed by atoms with Gasteiger partial charge in [-0.3, -0.25) is 4.79 Å². The van der Waals surface area contributed by atoms with E-state index in [0.29, 0.717) is 22.3 Å². The first-order valence-electron chi connectivity index (χ1n) is 4.87. The van der Waals surface area contributed by atoms with E-state index in [1.54, 1.807) is 12.1 Å². The van der Waals surface area contributed by atoms with Crippen molar-refractivity contribution in [2.24, 2.45) is 0 Å². The molecule has 0 fully saturated rings. The molecule has 1 aromatic rings. The molecule has 16 heavy (non-hydrogen) atoms. The summed E-state index contributed by atoms with van der Waals surface area (Å²) < 4.78 is 4.97. The maximum Gasteiger partial charge on any atom is 0.250 e. The third-order valence-electron chi connectivity index (χ3n) is 1.96. The largest absolute Gasteiger partial charge is 0.372 e. The van der Waals surface area contributed by atoms with Gasteiger partial charge in [-0.2, -0.15) is 0 Å². The van der Waals surface area contributed by atoms with E-state index >= 15 is 0 Å². The summed E-state index contributed by atoms with van der Waals surface area (Å²) >= 11 is 11.9. The van der Waals surface area contributed by atoms with Gasteiger partial charge in [-0.15, -0.1) is 0 Å². The van der Waals surface area contributed by atoms with E-state index in [1.807, 2.05) is 13.8 Å². The molecular weight excluding hydrogens is 249 g/mol.